The van der Waals surface area contributed by atoms with E-state index >= 15 is 0 Å². The minimum atomic E-state index is -0.743. The van der Waals surface area contributed by atoms with Crippen molar-refractivity contribution in [1.82, 2.24) is 4.90 Å². The van der Waals surface area contributed by atoms with Crippen LogP contribution in [0.3, 0.4) is 0 Å². The lowest BCUT2D eigenvalue weighted by atomic mass is 9.76. The molecule has 1 aliphatic rings. The van der Waals surface area contributed by atoms with E-state index in [0.29, 0.717) is 19.5 Å². The van der Waals surface area contributed by atoms with Gasteiger partial charge in [0.2, 0.25) is 0 Å². The first-order valence-corrected chi connectivity index (χ1v) is 6.42. The van der Waals surface area contributed by atoms with Gasteiger partial charge in [-0.3, -0.25) is 4.79 Å². The van der Waals surface area contributed by atoms with Crippen molar-refractivity contribution in [1.29, 1.82) is 0 Å². The summed E-state index contributed by atoms with van der Waals surface area (Å²) in [5.41, 5.74) is 4.75. The Balaban J connectivity index is 2.69. The quantitative estimate of drug-likeness (QED) is 0.724. The van der Waals surface area contributed by atoms with Crippen molar-refractivity contribution in [2.24, 2.45) is 11.1 Å². The van der Waals surface area contributed by atoms with Crippen molar-refractivity contribution in [2.45, 2.75) is 45.8 Å². The topological polar surface area (TPSA) is 81.9 Å². The molecule has 0 aromatic carbocycles. The van der Waals surface area contributed by atoms with Crippen LogP contribution in [0.2, 0.25) is 0 Å². The van der Waals surface area contributed by atoms with Crippen molar-refractivity contribution in [3.63, 3.8) is 0 Å². The number of hydrogen-bond acceptors (Lipinski definition) is 5. The van der Waals surface area contributed by atoms with E-state index in [1.807, 2.05) is 20.8 Å². The van der Waals surface area contributed by atoms with Crippen molar-refractivity contribution in [2.75, 3.05) is 20.2 Å². The SMILES string of the molecule is COC(=O)C1(C)CCN(C(=O)OC(C)(C)C)CC1N. The number of ether oxygens (including phenoxy) is 2. The Morgan fingerprint density at radius 3 is 2.37 bits per heavy atom. The van der Waals surface area contributed by atoms with Gasteiger partial charge in [0.15, 0.2) is 0 Å². The molecule has 1 rings (SSSR count). The van der Waals surface area contributed by atoms with Gasteiger partial charge in [0.1, 0.15) is 5.60 Å². The number of likely N-dealkylation sites (tertiary alicyclic amines) is 1. The Labute approximate surface area is 114 Å². The van der Waals surface area contributed by atoms with Crippen LogP contribution in [0, 0.1) is 5.41 Å². The molecule has 1 aliphatic heterocycles. The summed E-state index contributed by atoms with van der Waals surface area (Å²) >= 11 is 0. The highest BCUT2D eigenvalue weighted by Crippen LogP contribution is 2.31. The van der Waals surface area contributed by atoms with Gasteiger partial charge in [0.25, 0.3) is 0 Å². The number of piperidine rings is 1. The van der Waals surface area contributed by atoms with Crippen LogP contribution in [-0.2, 0) is 14.3 Å². The maximum Gasteiger partial charge on any atom is 0.410 e. The molecule has 0 aromatic rings. The van der Waals surface area contributed by atoms with Crippen LogP contribution in [0.4, 0.5) is 4.79 Å². The summed E-state index contributed by atoms with van der Waals surface area (Å²) in [7, 11) is 1.35. The van der Waals surface area contributed by atoms with Gasteiger partial charge in [-0.1, -0.05) is 0 Å². The van der Waals surface area contributed by atoms with E-state index in [4.69, 9.17) is 15.2 Å². The summed E-state index contributed by atoms with van der Waals surface area (Å²) in [5.74, 6) is -0.330. The van der Waals surface area contributed by atoms with Crippen molar-refractivity contribution in [3.05, 3.63) is 0 Å². The molecule has 0 radical (unpaired) electrons. The monoisotopic (exact) mass is 272 g/mol. The second-order valence-electron chi connectivity index (χ2n) is 6.19. The molecule has 2 atom stereocenters. The second kappa shape index (κ2) is 5.36. The molecule has 0 aliphatic carbocycles. The van der Waals surface area contributed by atoms with E-state index in [1.54, 1.807) is 11.8 Å². The van der Waals surface area contributed by atoms with Crippen LogP contribution in [0.5, 0.6) is 0 Å². The molecule has 1 heterocycles. The molecular weight excluding hydrogens is 248 g/mol. The fourth-order valence-corrected chi connectivity index (χ4v) is 2.06. The maximum atomic E-state index is 11.9. The first-order valence-electron chi connectivity index (χ1n) is 6.42. The number of nitrogens with zero attached hydrogens (tertiary/aromatic N) is 1. The number of carbonyl (C=O) groups excluding carboxylic acids is 2. The normalized spacial score (nSPS) is 27.9. The summed E-state index contributed by atoms with van der Waals surface area (Å²) in [6.07, 6.45) is 0.0787. The van der Waals surface area contributed by atoms with Crippen LogP contribution >= 0.6 is 0 Å². The number of rotatable bonds is 1. The minimum Gasteiger partial charge on any atom is -0.469 e. The molecule has 2 N–H and O–H groups in total. The standard InChI is InChI=1S/C13H24N2O4/c1-12(2,3)19-11(17)15-7-6-13(4,9(14)8-15)10(16)18-5/h9H,6-8,14H2,1-5H3. The van der Waals surface area contributed by atoms with Crippen molar-refractivity contribution in [3.8, 4) is 0 Å². The predicted octanol–water partition coefficient (Wildman–Crippen LogP) is 1.13. The molecule has 6 nitrogen and oxygen atoms in total. The highest BCUT2D eigenvalue weighted by molar-refractivity contribution is 5.78. The Hall–Kier alpha value is -1.30. The van der Waals surface area contributed by atoms with Gasteiger partial charge >= 0.3 is 12.1 Å². The zero-order valence-electron chi connectivity index (χ0n) is 12.4. The van der Waals surface area contributed by atoms with Gasteiger partial charge in [-0.15, -0.1) is 0 Å². The Morgan fingerprint density at radius 2 is 1.95 bits per heavy atom. The molecule has 0 saturated carbocycles. The lowest BCUT2D eigenvalue weighted by Gasteiger charge is -2.42. The zero-order chi connectivity index (χ0) is 14.8. The molecule has 6 heteroatoms. The van der Waals surface area contributed by atoms with E-state index in [2.05, 4.69) is 0 Å². The summed E-state index contributed by atoms with van der Waals surface area (Å²) in [4.78, 5) is 25.3. The highest BCUT2D eigenvalue weighted by Gasteiger charge is 2.45. The summed E-state index contributed by atoms with van der Waals surface area (Å²) in [5, 5.41) is 0. The molecule has 19 heavy (non-hydrogen) atoms. The Bertz CT molecular complexity index is 364. The van der Waals surface area contributed by atoms with Gasteiger partial charge in [0, 0.05) is 19.1 Å². The summed E-state index contributed by atoms with van der Waals surface area (Å²) in [6.45, 7) is 7.94. The molecule has 0 spiro atoms. The van der Waals surface area contributed by atoms with Crippen molar-refractivity contribution < 1.29 is 19.1 Å². The van der Waals surface area contributed by atoms with Crippen molar-refractivity contribution >= 4 is 12.1 Å². The molecule has 1 amide bonds. The van der Waals surface area contributed by atoms with Gasteiger partial charge in [-0.05, 0) is 34.1 Å². The number of nitrogens with two attached hydrogens (primary N) is 1. The fraction of sp³-hybridized carbons (Fsp3) is 0.846. The number of esters is 1. The summed E-state index contributed by atoms with van der Waals surface area (Å²) < 4.78 is 10.1. The third kappa shape index (κ3) is 3.59. The van der Waals surface area contributed by atoms with E-state index in [9.17, 15) is 9.59 Å². The smallest absolute Gasteiger partial charge is 0.410 e. The number of amides is 1. The molecule has 1 saturated heterocycles. The Morgan fingerprint density at radius 1 is 1.37 bits per heavy atom. The third-order valence-corrected chi connectivity index (χ3v) is 3.44. The number of carbonyl (C=O) groups is 2. The van der Waals surface area contributed by atoms with E-state index in [1.165, 1.54) is 7.11 Å². The summed E-state index contributed by atoms with van der Waals surface area (Å²) in [6, 6.07) is -0.457. The van der Waals surface area contributed by atoms with E-state index < -0.39 is 23.2 Å². The Kier molecular flexibility index (Phi) is 4.45. The predicted molar refractivity (Wildman–Crippen MR) is 70.5 cm³/mol. The number of methoxy groups -OCH3 is 1. The molecule has 2 unspecified atom stereocenters. The fourth-order valence-electron chi connectivity index (χ4n) is 2.06. The van der Waals surface area contributed by atoms with E-state index in [-0.39, 0.29) is 5.97 Å². The zero-order valence-corrected chi connectivity index (χ0v) is 12.4. The number of hydrogen-bond donors (Lipinski definition) is 1. The second-order valence-corrected chi connectivity index (χ2v) is 6.19. The molecular formula is C13H24N2O4. The first-order chi connectivity index (χ1) is 8.60. The highest BCUT2D eigenvalue weighted by atomic mass is 16.6. The molecule has 0 aromatic heterocycles. The third-order valence-electron chi connectivity index (χ3n) is 3.44. The molecule has 1 fully saturated rings. The minimum absolute atomic E-state index is 0.292. The first kappa shape index (κ1) is 15.8. The van der Waals surface area contributed by atoms with Gasteiger partial charge in [0.05, 0.1) is 12.5 Å². The maximum absolute atomic E-state index is 11.9. The van der Waals surface area contributed by atoms with Gasteiger partial charge in [-0.2, -0.15) is 0 Å². The molecule has 110 valence electrons. The largest absolute Gasteiger partial charge is 0.469 e. The van der Waals surface area contributed by atoms with Crippen LogP contribution < -0.4 is 5.73 Å². The van der Waals surface area contributed by atoms with E-state index in [0.717, 1.165) is 0 Å². The van der Waals surface area contributed by atoms with Crippen LogP contribution in [0.25, 0.3) is 0 Å². The van der Waals surface area contributed by atoms with Crippen LogP contribution in [0.1, 0.15) is 34.1 Å². The van der Waals surface area contributed by atoms with Crippen LogP contribution in [0.15, 0.2) is 0 Å². The lowest BCUT2D eigenvalue weighted by molar-refractivity contribution is -0.155. The average Bonchev–Trinajstić information content (AvgIpc) is 2.29. The average molecular weight is 272 g/mol. The van der Waals surface area contributed by atoms with Gasteiger partial charge < -0.3 is 20.1 Å². The lowest BCUT2D eigenvalue weighted by Crippen LogP contribution is -2.59. The molecule has 0 bridgehead atoms. The van der Waals surface area contributed by atoms with Gasteiger partial charge in [-0.25, -0.2) is 4.79 Å². The van der Waals surface area contributed by atoms with Crippen LogP contribution in [-0.4, -0.2) is 48.8 Å².